The van der Waals surface area contributed by atoms with Crippen molar-refractivity contribution in [1.82, 2.24) is 0 Å². The molecule has 0 aromatic heterocycles. The predicted octanol–water partition coefficient (Wildman–Crippen LogP) is 1.64. The molecule has 1 rings (SSSR count). The summed E-state index contributed by atoms with van der Waals surface area (Å²) in [5.74, 6) is 0. The Labute approximate surface area is 58.3 Å². The largest absolute Gasteiger partial charge is 0.107 e. The fraction of sp³-hybridized carbons (Fsp3) is 1.00. The smallest absolute Gasteiger partial charge is 0.0300 e. The molecule has 1 aliphatic heterocycles. The average molecular weight is 148 g/mol. The van der Waals surface area contributed by atoms with Gasteiger partial charge in [-0.15, -0.1) is 9.45 Å². The van der Waals surface area contributed by atoms with E-state index in [0.29, 0.717) is 9.49 Å². The molecule has 1 saturated heterocycles. The third kappa shape index (κ3) is 0.532. The molecule has 0 nitrogen and oxygen atoms in total. The first-order chi connectivity index (χ1) is 3.40. The van der Waals surface area contributed by atoms with Crippen LogP contribution < -0.4 is 0 Å². The zero-order chi connectivity index (χ0) is 6.58. The summed E-state index contributed by atoms with van der Waals surface area (Å²) < 4.78 is 0.894. The molecule has 0 saturated carbocycles. The molecule has 0 N–H and O–H groups in total. The monoisotopic (exact) mass is 148 g/mol. The highest BCUT2D eigenvalue weighted by molar-refractivity contribution is 8.34. The Morgan fingerprint density at radius 1 is 1.00 bits per heavy atom. The zero-order valence-electron chi connectivity index (χ0n) is 5.82. The van der Waals surface area contributed by atoms with Gasteiger partial charge in [0.05, 0.1) is 0 Å². The van der Waals surface area contributed by atoms with Crippen LogP contribution in [0.2, 0.25) is 0 Å². The zero-order valence-corrected chi connectivity index (χ0v) is 7.45. The second-order valence-electron chi connectivity index (χ2n) is 3.29. The quantitative estimate of drug-likeness (QED) is 0.471. The minimum Gasteiger partial charge on any atom is -0.107 e. The lowest BCUT2D eigenvalue weighted by atomic mass is 10.0. The van der Waals surface area contributed by atoms with Crippen molar-refractivity contribution >= 4 is 20.6 Å². The van der Waals surface area contributed by atoms with E-state index in [4.69, 9.17) is 11.2 Å². The van der Waals surface area contributed by atoms with E-state index >= 15 is 0 Å². The first-order valence-electron chi connectivity index (χ1n) is 2.82. The van der Waals surface area contributed by atoms with Crippen molar-refractivity contribution in [2.24, 2.45) is 0 Å². The van der Waals surface area contributed by atoms with Crippen LogP contribution in [-0.4, -0.2) is 9.49 Å². The molecule has 1 heterocycles. The third-order valence-electron chi connectivity index (χ3n) is 2.34. The Morgan fingerprint density at radius 2 is 1.12 bits per heavy atom. The third-order valence-corrected chi connectivity index (χ3v) is 7.51. The lowest BCUT2D eigenvalue weighted by Crippen LogP contribution is -2.10. The van der Waals surface area contributed by atoms with Crippen molar-refractivity contribution < 1.29 is 0 Å². The maximum atomic E-state index is 5.23. The summed E-state index contributed by atoms with van der Waals surface area (Å²) in [6.45, 7) is 9.01. The van der Waals surface area contributed by atoms with Gasteiger partial charge in [0.1, 0.15) is 0 Å². The van der Waals surface area contributed by atoms with Gasteiger partial charge in [0.25, 0.3) is 0 Å². The topological polar surface area (TPSA) is 0 Å². The van der Waals surface area contributed by atoms with Gasteiger partial charge in [0.2, 0.25) is 0 Å². The highest BCUT2D eigenvalue weighted by Crippen LogP contribution is 2.51. The molecule has 48 valence electrons. The van der Waals surface area contributed by atoms with E-state index in [-0.39, 0.29) is 9.45 Å². The molecule has 2 heteroatoms. The van der Waals surface area contributed by atoms with Gasteiger partial charge in [0, 0.05) is 9.49 Å². The lowest BCUT2D eigenvalue weighted by molar-refractivity contribution is 0.652. The summed E-state index contributed by atoms with van der Waals surface area (Å²) in [6.07, 6.45) is 0. The molecular formula is C6H12S2. The fourth-order valence-corrected chi connectivity index (χ4v) is 3.80. The number of rotatable bonds is 0. The van der Waals surface area contributed by atoms with Crippen LogP contribution in [0.15, 0.2) is 0 Å². The second kappa shape index (κ2) is 1.35. The summed E-state index contributed by atoms with van der Waals surface area (Å²) in [5, 5.41) is 0. The molecule has 0 unspecified atom stereocenters. The standard InChI is InChI=1S/C6H12S2/c1-5(2)6(3,4)8(5)7/h1-4H3. The van der Waals surface area contributed by atoms with Crippen molar-refractivity contribution in [1.29, 1.82) is 0 Å². The lowest BCUT2D eigenvalue weighted by Gasteiger charge is -2.00. The van der Waals surface area contributed by atoms with E-state index in [1.807, 2.05) is 0 Å². The van der Waals surface area contributed by atoms with Gasteiger partial charge in [-0.05, 0) is 27.7 Å². The second-order valence-corrected chi connectivity index (χ2v) is 6.87. The van der Waals surface area contributed by atoms with Crippen LogP contribution in [0.1, 0.15) is 27.7 Å². The molecule has 0 radical (unpaired) electrons. The SMILES string of the molecule is CC1(C)S(=S)C1(C)C. The average Bonchev–Trinajstić information content (AvgIpc) is 1.88. The van der Waals surface area contributed by atoms with Gasteiger partial charge >= 0.3 is 0 Å². The fourth-order valence-electron chi connectivity index (χ4n) is 0.796. The first kappa shape index (κ1) is 6.69. The summed E-state index contributed by atoms with van der Waals surface area (Å²) >= 11 is 5.23. The molecule has 0 atom stereocenters. The summed E-state index contributed by atoms with van der Waals surface area (Å²) in [5.41, 5.74) is 0. The highest BCUT2D eigenvalue weighted by atomic mass is 32.8. The van der Waals surface area contributed by atoms with Crippen molar-refractivity contribution in [3.8, 4) is 0 Å². The summed E-state index contributed by atoms with van der Waals surface area (Å²) in [4.78, 5) is 0. The number of hydrogen-bond acceptors (Lipinski definition) is 1. The Morgan fingerprint density at radius 3 is 1.12 bits per heavy atom. The van der Waals surface area contributed by atoms with E-state index in [1.165, 1.54) is 0 Å². The molecule has 0 bridgehead atoms. The van der Waals surface area contributed by atoms with Crippen LogP contribution in [0.5, 0.6) is 0 Å². The molecular weight excluding hydrogens is 136 g/mol. The van der Waals surface area contributed by atoms with E-state index in [0.717, 1.165) is 0 Å². The maximum absolute atomic E-state index is 5.23. The summed E-state index contributed by atoms with van der Waals surface area (Å²) in [6, 6.07) is 0. The van der Waals surface area contributed by atoms with Crippen molar-refractivity contribution in [3.63, 3.8) is 0 Å². The number of hydrogen-bond donors (Lipinski definition) is 0. The van der Waals surface area contributed by atoms with E-state index in [1.54, 1.807) is 0 Å². The Bertz CT molecular complexity index is 129. The van der Waals surface area contributed by atoms with E-state index in [9.17, 15) is 0 Å². The molecule has 0 spiro atoms. The molecule has 8 heavy (non-hydrogen) atoms. The van der Waals surface area contributed by atoms with Crippen molar-refractivity contribution in [2.45, 2.75) is 37.2 Å². The predicted molar refractivity (Wildman–Crippen MR) is 42.9 cm³/mol. The van der Waals surface area contributed by atoms with Gasteiger partial charge in [0.15, 0.2) is 0 Å². The molecule has 0 aliphatic carbocycles. The van der Waals surface area contributed by atoms with Crippen molar-refractivity contribution in [2.75, 3.05) is 0 Å². The van der Waals surface area contributed by atoms with Gasteiger partial charge in [-0.3, -0.25) is 0 Å². The van der Waals surface area contributed by atoms with Gasteiger partial charge in [-0.25, -0.2) is 0 Å². The highest BCUT2D eigenvalue weighted by Gasteiger charge is 2.59. The van der Waals surface area contributed by atoms with Crippen LogP contribution in [0.25, 0.3) is 0 Å². The van der Waals surface area contributed by atoms with Gasteiger partial charge < -0.3 is 0 Å². The Kier molecular flexibility index (Phi) is 1.13. The summed E-state index contributed by atoms with van der Waals surface area (Å²) in [7, 11) is 0.252. The van der Waals surface area contributed by atoms with Gasteiger partial charge in [-0.2, -0.15) is 0 Å². The van der Waals surface area contributed by atoms with Crippen molar-refractivity contribution in [3.05, 3.63) is 0 Å². The Balaban J connectivity index is 2.88. The Hall–Kier alpha value is 0.570. The van der Waals surface area contributed by atoms with E-state index < -0.39 is 0 Å². The molecule has 0 aromatic rings. The van der Waals surface area contributed by atoms with Crippen LogP contribution in [0.4, 0.5) is 0 Å². The molecule has 0 aromatic carbocycles. The molecule has 0 amide bonds. The normalized spacial score (nSPS) is 32.5. The minimum atomic E-state index is 0.252. The van der Waals surface area contributed by atoms with Crippen LogP contribution >= 0.6 is 0 Å². The van der Waals surface area contributed by atoms with E-state index in [2.05, 4.69) is 27.7 Å². The molecule has 1 fully saturated rings. The minimum absolute atomic E-state index is 0.252. The van der Waals surface area contributed by atoms with Gasteiger partial charge in [-0.1, -0.05) is 11.2 Å². The maximum Gasteiger partial charge on any atom is 0.0300 e. The van der Waals surface area contributed by atoms with Crippen LogP contribution in [0.3, 0.4) is 0 Å². The molecule has 1 aliphatic rings. The first-order valence-corrected chi connectivity index (χ1v) is 4.97. The van der Waals surface area contributed by atoms with Crippen LogP contribution in [-0.2, 0) is 20.6 Å². The van der Waals surface area contributed by atoms with Crippen LogP contribution in [0, 0.1) is 0 Å².